The Balaban J connectivity index is 2.74. The molecule has 1 aromatic carbocycles. The molecule has 0 aliphatic rings. The third-order valence-corrected chi connectivity index (χ3v) is 10.5. The molecule has 0 fully saturated rings. The molecule has 48 heavy (non-hydrogen) atoms. The molecule has 11 heteroatoms. The van der Waals surface area contributed by atoms with E-state index in [-0.39, 0.29) is 50.5 Å². The lowest BCUT2D eigenvalue weighted by Gasteiger charge is -2.30. The normalized spacial score (nSPS) is 13.3. The van der Waals surface area contributed by atoms with Crippen LogP contribution in [0.25, 0.3) is 0 Å². The molecule has 0 unspecified atom stereocenters. The highest BCUT2D eigenvalue weighted by Gasteiger charge is 2.36. The van der Waals surface area contributed by atoms with E-state index in [0.717, 1.165) is 32.1 Å². The van der Waals surface area contributed by atoms with E-state index in [1.807, 2.05) is 6.07 Å². The Kier molecular flexibility index (Phi) is 28.4. The topological polar surface area (TPSA) is 91.4 Å². The molecule has 1 aromatic rings. The molecule has 0 saturated carbocycles. The molecule has 0 bridgehead atoms. The molecule has 0 aromatic heterocycles. The van der Waals surface area contributed by atoms with Crippen molar-refractivity contribution in [1.82, 2.24) is 4.67 Å². The van der Waals surface area contributed by atoms with Crippen molar-refractivity contribution in [2.45, 2.75) is 148 Å². The fraction of sp³-hybridized carbons (Fsp3) is 0.784. The maximum absolute atomic E-state index is 14.2. The van der Waals surface area contributed by atoms with E-state index in [2.05, 4.69) is 13.8 Å². The summed E-state index contributed by atoms with van der Waals surface area (Å²) in [6, 6.07) is 8.69. The van der Waals surface area contributed by atoms with Gasteiger partial charge in [0, 0.05) is 37.7 Å². The zero-order valence-electron chi connectivity index (χ0n) is 29.9. The fourth-order valence-electron chi connectivity index (χ4n) is 5.29. The molecule has 1 rings (SSSR count). The first-order chi connectivity index (χ1) is 23.4. The van der Waals surface area contributed by atoms with Gasteiger partial charge in [0.1, 0.15) is 12.4 Å². The summed E-state index contributed by atoms with van der Waals surface area (Å²) in [5.74, 6) is -0.0565. The first-order valence-electron chi connectivity index (χ1n) is 18.6. The SMILES string of the molecule is CCCCCCCCCCCC(=O)OC[C@H](CO[P@](=O)(Oc1ccccc1)N(CCCl)CCCl)OC(=O)CCCCCCCCCCC. The van der Waals surface area contributed by atoms with Crippen LogP contribution in [-0.2, 0) is 28.2 Å². The van der Waals surface area contributed by atoms with Crippen LogP contribution in [0, 0.1) is 0 Å². The molecular weight excluding hydrogens is 672 g/mol. The summed E-state index contributed by atoms with van der Waals surface area (Å²) in [5.41, 5.74) is 0. The molecule has 0 heterocycles. The van der Waals surface area contributed by atoms with Gasteiger partial charge in [0.15, 0.2) is 6.10 Å². The van der Waals surface area contributed by atoms with E-state index in [4.69, 9.17) is 41.7 Å². The van der Waals surface area contributed by atoms with Crippen LogP contribution >= 0.6 is 30.9 Å². The van der Waals surface area contributed by atoms with Crippen molar-refractivity contribution in [2.75, 3.05) is 38.1 Å². The van der Waals surface area contributed by atoms with Gasteiger partial charge in [0.2, 0.25) is 0 Å². The highest BCUT2D eigenvalue weighted by Crippen LogP contribution is 2.52. The minimum Gasteiger partial charge on any atom is -0.462 e. The van der Waals surface area contributed by atoms with E-state index >= 15 is 0 Å². The number of carbonyl (C=O) groups is 2. The van der Waals surface area contributed by atoms with Crippen molar-refractivity contribution in [1.29, 1.82) is 0 Å². The lowest BCUT2D eigenvalue weighted by atomic mass is 10.1. The molecule has 0 radical (unpaired) electrons. The summed E-state index contributed by atoms with van der Waals surface area (Å²) in [6.45, 7) is 4.35. The van der Waals surface area contributed by atoms with E-state index < -0.39 is 19.8 Å². The van der Waals surface area contributed by atoms with Gasteiger partial charge in [-0.3, -0.25) is 14.1 Å². The van der Waals surface area contributed by atoms with Crippen LogP contribution in [0.5, 0.6) is 5.75 Å². The number of alkyl halides is 2. The average molecular weight is 737 g/mol. The Morgan fingerprint density at radius 1 is 0.667 bits per heavy atom. The number of unbranched alkanes of at least 4 members (excludes halogenated alkanes) is 16. The maximum Gasteiger partial charge on any atom is 0.461 e. The quantitative estimate of drug-likeness (QED) is 0.0305. The molecule has 0 N–H and O–H groups in total. The predicted octanol–water partition coefficient (Wildman–Crippen LogP) is 11.3. The molecular formula is C37H64Cl2NO7P. The molecule has 0 amide bonds. The number of hydrogen-bond donors (Lipinski definition) is 0. The largest absolute Gasteiger partial charge is 0.462 e. The number of ether oxygens (including phenoxy) is 2. The number of rotatable bonds is 33. The van der Waals surface area contributed by atoms with Crippen LogP contribution in [0.3, 0.4) is 0 Å². The van der Waals surface area contributed by atoms with Crippen molar-refractivity contribution >= 4 is 42.9 Å². The molecule has 0 spiro atoms. The average Bonchev–Trinajstić information content (AvgIpc) is 3.08. The third-order valence-electron chi connectivity index (χ3n) is 8.12. The summed E-state index contributed by atoms with van der Waals surface area (Å²) >= 11 is 12.0. The van der Waals surface area contributed by atoms with Gasteiger partial charge in [-0.05, 0) is 25.0 Å². The number of esters is 2. The van der Waals surface area contributed by atoms with Gasteiger partial charge in [-0.15, -0.1) is 23.2 Å². The second kappa shape index (κ2) is 30.5. The zero-order valence-corrected chi connectivity index (χ0v) is 32.3. The van der Waals surface area contributed by atoms with Crippen molar-refractivity contribution in [2.24, 2.45) is 0 Å². The predicted molar refractivity (Wildman–Crippen MR) is 198 cm³/mol. The summed E-state index contributed by atoms with van der Waals surface area (Å²) < 4.78 is 38.7. The molecule has 0 aliphatic carbocycles. The summed E-state index contributed by atoms with van der Waals surface area (Å²) in [6.07, 6.45) is 20.2. The van der Waals surface area contributed by atoms with Crippen LogP contribution in [-0.4, -0.2) is 60.8 Å². The van der Waals surface area contributed by atoms with Crippen LogP contribution < -0.4 is 4.52 Å². The highest BCUT2D eigenvalue weighted by atomic mass is 35.5. The molecule has 0 saturated heterocycles. The standard InChI is InChI=1S/C37H64Cl2NO7P/c1-3-5-7-9-11-13-15-17-22-26-36(41)44-32-35(46-37(42)27-23-18-16-14-12-10-8-6-4-2)33-45-48(43,40(30-28-38)31-29-39)47-34-24-20-19-21-25-34/h19-21,24-25,35H,3-18,22-23,26-33H2,1-2H3/t35-,48+/m1/s1. The molecule has 0 aliphatic heterocycles. The first-order valence-corrected chi connectivity index (χ1v) is 21.2. The van der Waals surface area contributed by atoms with Gasteiger partial charge < -0.3 is 14.0 Å². The van der Waals surface area contributed by atoms with Gasteiger partial charge in [-0.25, -0.2) is 4.57 Å². The van der Waals surface area contributed by atoms with Gasteiger partial charge in [-0.2, -0.15) is 4.67 Å². The van der Waals surface area contributed by atoms with E-state index in [1.165, 1.54) is 81.7 Å². The number of para-hydroxylation sites is 1. The van der Waals surface area contributed by atoms with Crippen molar-refractivity contribution in [3.8, 4) is 5.75 Å². The number of nitrogens with zero attached hydrogens (tertiary/aromatic N) is 1. The second-order valence-corrected chi connectivity index (χ2v) is 15.2. The van der Waals surface area contributed by atoms with Crippen LogP contribution in [0.4, 0.5) is 0 Å². The monoisotopic (exact) mass is 735 g/mol. The molecule has 2 atom stereocenters. The van der Waals surface area contributed by atoms with Crippen molar-refractivity contribution in [3.63, 3.8) is 0 Å². The van der Waals surface area contributed by atoms with Gasteiger partial charge in [-0.1, -0.05) is 135 Å². The van der Waals surface area contributed by atoms with Crippen LogP contribution in [0.2, 0.25) is 0 Å². The van der Waals surface area contributed by atoms with Crippen LogP contribution in [0.1, 0.15) is 142 Å². The fourth-order valence-corrected chi connectivity index (χ4v) is 7.70. The van der Waals surface area contributed by atoms with Crippen LogP contribution in [0.15, 0.2) is 30.3 Å². The summed E-state index contributed by atoms with van der Waals surface area (Å²) in [5, 5.41) is 0. The maximum atomic E-state index is 14.2. The zero-order chi connectivity index (χ0) is 35.1. The second-order valence-electron chi connectivity index (χ2n) is 12.5. The molecule has 278 valence electrons. The number of hydrogen-bond acceptors (Lipinski definition) is 7. The third kappa shape index (κ3) is 23.2. The smallest absolute Gasteiger partial charge is 0.461 e. The number of carbonyl (C=O) groups excluding carboxylic acids is 2. The Morgan fingerprint density at radius 3 is 1.60 bits per heavy atom. The number of benzene rings is 1. The van der Waals surface area contributed by atoms with Gasteiger partial charge in [0.05, 0.1) is 6.61 Å². The first kappa shape index (κ1) is 44.7. The Labute approximate surface area is 301 Å². The lowest BCUT2D eigenvalue weighted by molar-refractivity contribution is -0.161. The minimum atomic E-state index is -3.98. The van der Waals surface area contributed by atoms with E-state index in [0.29, 0.717) is 18.6 Å². The van der Waals surface area contributed by atoms with Gasteiger partial charge >= 0.3 is 19.7 Å². The number of halogens is 2. The highest BCUT2D eigenvalue weighted by molar-refractivity contribution is 7.51. The van der Waals surface area contributed by atoms with Gasteiger partial charge in [0.25, 0.3) is 0 Å². The van der Waals surface area contributed by atoms with E-state index in [1.54, 1.807) is 24.3 Å². The lowest BCUT2D eigenvalue weighted by Crippen LogP contribution is -2.33. The Hall–Kier alpha value is -1.31. The Bertz CT molecular complexity index is 966. The van der Waals surface area contributed by atoms with Crippen molar-refractivity contribution in [3.05, 3.63) is 30.3 Å². The van der Waals surface area contributed by atoms with E-state index in [9.17, 15) is 14.2 Å². The minimum absolute atomic E-state index is 0.177. The summed E-state index contributed by atoms with van der Waals surface area (Å²) in [7, 11) is -3.98. The summed E-state index contributed by atoms with van der Waals surface area (Å²) in [4.78, 5) is 25.4. The molecule has 8 nitrogen and oxygen atoms in total. The Morgan fingerprint density at radius 2 is 1.12 bits per heavy atom. The van der Waals surface area contributed by atoms with Crippen molar-refractivity contribution < 1.29 is 32.7 Å².